The quantitative estimate of drug-likeness (QED) is 0.686. The van der Waals surface area contributed by atoms with E-state index in [0.29, 0.717) is 12.0 Å². The van der Waals surface area contributed by atoms with Gasteiger partial charge in [0.15, 0.2) is 0 Å². The van der Waals surface area contributed by atoms with Crippen LogP contribution in [0, 0.1) is 0 Å². The van der Waals surface area contributed by atoms with Gasteiger partial charge in [-0.05, 0) is 13.0 Å². The molecule has 2 atom stereocenters. The number of anilines is 1. The minimum Gasteiger partial charge on any atom is -0.371 e. The van der Waals surface area contributed by atoms with E-state index in [9.17, 15) is 0 Å². The predicted octanol–water partition coefficient (Wildman–Crippen LogP) is 2.22. The van der Waals surface area contributed by atoms with Gasteiger partial charge in [-0.25, -0.2) is 0 Å². The molecule has 0 amide bonds. The summed E-state index contributed by atoms with van der Waals surface area (Å²) in [6.45, 7) is 5.79. The molecule has 2 unspecified atom stereocenters. The van der Waals surface area contributed by atoms with Gasteiger partial charge in [0.05, 0.1) is 0 Å². The Kier molecular flexibility index (Phi) is 2.54. The number of rotatable bonds is 2. The van der Waals surface area contributed by atoms with Crippen molar-refractivity contribution in [3.8, 4) is 0 Å². The Balaban J connectivity index is 2.41. The molecular weight excluding hydrogens is 186 g/mol. The van der Waals surface area contributed by atoms with Gasteiger partial charge in [0, 0.05) is 55.1 Å². The lowest BCUT2D eigenvalue weighted by atomic mass is 9.99. The lowest BCUT2D eigenvalue weighted by molar-refractivity contribution is 0.699. The summed E-state index contributed by atoms with van der Waals surface area (Å²) < 4.78 is 0. The molecule has 0 saturated carbocycles. The molecule has 0 aromatic carbocycles. The van der Waals surface area contributed by atoms with Crippen molar-refractivity contribution in [3.05, 3.63) is 36.8 Å². The van der Waals surface area contributed by atoms with Crippen LogP contribution in [0.5, 0.6) is 0 Å². The van der Waals surface area contributed by atoms with Gasteiger partial charge in [-0.2, -0.15) is 0 Å². The minimum atomic E-state index is 0.316. The summed E-state index contributed by atoms with van der Waals surface area (Å²) in [5.41, 5.74) is 2.50. The molecule has 0 N–H and O–H groups in total. The zero-order valence-corrected chi connectivity index (χ0v) is 9.09. The molecule has 2 rings (SSSR count). The van der Waals surface area contributed by atoms with Crippen LogP contribution in [0.2, 0.25) is 0 Å². The molecule has 1 aliphatic heterocycles. The zero-order chi connectivity index (χ0) is 10.8. The van der Waals surface area contributed by atoms with Crippen LogP contribution >= 0.6 is 0 Å². The molecule has 1 aromatic rings. The number of hydrogen-bond acceptors (Lipinski definition) is 3. The van der Waals surface area contributed by atoms with Gasteiger partial charge in [0.2, 0.25) is 0 Å². The smallest absolute Gasteiger partial charge is 0.0437 e. The van der Waals surface area contributed by atoms with Crippen molar-refractivity contribution in [3.63, 3.8) is 0 Å². The van der Waals surface area contributed by atoms with Crippen molar-refractivity contribution in [1.82, 2.24) is 4.98 Å². The average molecular weight is 201 g/mol. The molecule has 1 aliphatic rings. The summed E-state index contributed by atoms with van der Waals surface area (Å²) in [4.78, 5) is 10.6. The fraction of sp³-hybridized carbons (Fsp3) is 0.333. The second kappa shape index (κ2) is 3.85. The van der Waals surface area contributed by atoms with E-state index in [1.165, 1.54) is 11.3 Å². The third-order valence-electron chi connectivity index (χ3n) is 3.05. The third kappa shape index (κ3) is 1.54. The van der Waals surface area contributed by atoms with Crippen molar-refractivity contribution >= 4 is 11.9 Å². The Morgan fingerprint density at radius 1 is 1.60 bits per heavy atom. The highest BCUT2D eigenvalue weighted by atomic mass is 15.2. The first-order valence-corrected chi connectivity index (χ1v) is 5.06. The number of hydrogen-bond donors (Lipinski definition) is 0. The number of likely N-dealkylation sites (N-methyl/N-ethyl adjacent to an activating group) is 1. The van der Waals surface area contributed by atoms with Gasteiger partial charge < -0.3 is 4.90 Å². The summed E-state index contributed by atoms with van der Waals surface area (Å²) >= 11 is 0. The zero-order valence-electron chi connectivity index (χ0n) is 9.09. The van der Waals surface area contributed by atoms with E-state index in [1.54, 1.807) is 6.20 Å². The van der Waals surface area contributed by atoms with Crippen LogP contribution in [0.25, 0.3) is 0 Å². The lowest BCUT2D eigenvalue weighted by Gasteiger charge is -2.20. The highest BCUT2D eigenvalue weighted by Crippen LogP contribution is 2.37. The second-order valence-corrected chi connectivity index (χ2v) is 3.79. The number of nitrogens with zero attached hydrogens (tertiary/aromatic N) is 3. The first-order chi connectivity index (χ1) is 7.25. The summed E-state index contributed by atoms with van der Waals surface area (Å²) in [7, 11) is 2.10. The lowest BCUT2D eigenvalue weighted by Crippen LogP contribution is -2.27. The fourth-order valence-corrected chi connectivity index (χ4v) is 2.06. The molecule has 78 valence electrons. The predicted molar refractivity (Wildman–Crippen MR) is 63.5 cm³/mol. The Bertz CT molecular complexity index is 398. The van der Waals surface area contributed by atoms with Crippen LogP contribution in [0.4, 0.5) is 5.69 Å². The Morgan fingerprint density at radius 3 is 3.13 bits per heavy atom. The Labute approximate surface area is 90.2 Å². The Hall–Kier alpha value is -1.64. The molecule has 0 fully saturated rings. The molecule has 15 heavy (non-hydrogen) atoms. The van der Waals surface area contributed by atoms with Gasteiger partial charge in [-0.1, -0.05) is 6.58 Å². The van der Waals surface area contributed by atoms with Crippen LogP contribution in [0.15, 0.2) is 36.2 Å². The van der Waals surface area contributed by atoms with Gasteiger partial charge in [0.1, 0.15) is 0 Å². The van der Waals surface area contributed by atoms with E-state index in [1.807, 2.05) is 24.7 Å². The highest BCUT2D eigenvalue weighted by Gasteiger charge is 2.32. The van der Waals surface area contributed by atoms with E-state index in [4.69, 9.17) is 0 Å². The van der Waals surface area contributed by atoms with Gasteiger partial charge in [-0.15, -0.1) is 0 Å². The average Bonchev–Trinajstić information content (AvgIpc) is 2.51. The SMILES string of the molecule is C=CN=CC1c2cnccc2N(C)C1C. The van der Waals surface area contributed by atoms with Crippen molar-refractivity contribution < 1.29 is 0 Å². The summed E-state index contributed by atoms with van der Waals surface area (Å²) in [5, 5.41) is 0. The normalized spacial score (nSPS) is 24.5. The van der Waals surface area contributed by atoms with E-state index < -0.39 is 0 Å². The molecule has 0 radical (unpaired) electrons. The van der Waals surface area contributed by atoms with E-state index >= 15 is 0 Å². The molecule has 0 saturated heterocycles. The molecule has 3 heteroatoms. The van der Waals surface area contributed by atoms with Crippen molar-refractivity contribution in [1.29, 1.82) is 0 Å². The summed E-state index contributed by atoms with van der Waals surface area (Å²) in [5.74, 6) is 0.316. The first kappa shape index (κ1) is 9.90. The summed E-state index contributed by atoms with van der Waals surface area (Å²) in [6.07, 6.45) is 7.27. The molecular formula is C12H15N3. The molecule has 2 heterocycles. The molecule has 3 nitrogen and oxygen atoms in total. The van der Waals surface area contributed by atoms with Crippen LogP contribution in [0.1, 0.15) is 18.4 Å². The first-order valence-electron chi connectivity index (χ1n) is 5.06. The van der Waals surface area contributed by atoms with Crippen molar-refractivity contribution in [2.75, 3.05) is 11.9 Å². The van der Waals surface area contributed by atoms with E-state index in [0.717, 1.165) is 0 Å². The van der Waals surface area contributed by atoms with Crippen molar-refractivity contribution in [2.45, 2.75) is 18.9 Å². The number of fused-ring (bicyclic) bond motifs is 1. The van der Waals surface area contributed by atoms with E-state index in [2.05, 4.69) is 35.4 Å². The van der Waals surface area contributed by atoms with Gasteiger partial charge in [0.25, 0.3) is 0 Å². The maximum absolute atomic E-state index is 4.17. The molecule has 0 bridgehead atoms. The monoisotopic (exact) mass is 201 g/mol. The topological polar surface area (TPSA) is 28.5 Å². The minimum absolute atomic E-state index is 0.316. The maximum Gasteiger partial charge on any atom is 0.0437 e. The second-order valence-electron chi connectivity index (χ2n) is 3.79. The molecule has 1 aromatic heterocycles. The number of pyridine rings is 1. The fourth-order valence-electron chi connectivity index (χ4n) is 2.06. The van der Waals surface area contributed by atoms with Crippen molar-refractivity contribution in [2.24, 2.45) is 4.99 Å². The largest absolute Gasteiger partial charge is 0.371 e. The van der Waals surface area contributed by atoms with Crippen LogP contribution in [-0.2, 0) is 0 Å². The van der Waals surface area contributed by atoms with Crippen LogP contribution < -0.4 is 4.90 Å². The summed E-state index contributed by atoms with van der Waals surface area (Å²) in [6, 6.07) is 2.47. The third-order valence-corrected chi connectivity index (χ3v) is 3.05. The molecule has 0 spiro atoms. The standard InChI is InChI=1S/C12H15N3/c1-4-13-7-10-9(2)15(3)12-5-6-14-8-11(10)12/h4-10H,1H2,2-3H3. The van der Waals surface area contributed by atoms with Gasteiger partial charge in [-0.3, -0.25) is 9.98 Å². The van der Waals surface area contributed by atoms with Gasteiger partial charge >= 0.3 is 0 Å². The number of aliphatic imine (C=N–C) groups is 1. The van der Waals surface area contributed by atoms with Crippen LogP contribution in [0.3, 0.4) is 0 Å². The molecule has 0 aliphatic carbocycles. The Morgan fingerprint density at radius 2 is 2.40 bits per heavy atom. The highest BCUT2D eigenvalue weighted by molar-refractivity contribution is 5.78. The number of aromatic nitrogens is 1. The van der Waals surface area contributed by atoms with E-state index in [-0.39, 0.29) is 0 Å². The van der Waals surface area contributed by atoms with Crippen LogP contribution in [-0.4, -0.2) is 24.3 Å². The maximum atomic E-state index is 4.17.